The van der Waals surface area contributed by atoms with Gasteiger partial charge in [0, 0.05) is 14.9 Å². The number of nitrogens with two attached hydrogens (primary N) is 2. The average molecular weight is 554 g/mol. The molecule has 2 rings (SSSR count). The van der Waals surface area contributed by atoms with Crippen LogP contribution in [0.3, 0.4) is 0 Å². The summed E-state index contributed by atoms with van der Waals surface area (Å²) in [4.78, 5) is 0. The fourth-order valence-electron chi connectivity index (χ4n) is 2.12. The Morgan fingerprint density at radius 2 is 1.24 bits per heavy atom. The highest BCUT2D eigenvalue weighted by Crippen LogP contribution is 2.16. The van der Waals surface area contributed by atoms with E-state index in [0.717, 1.165) is 20.4 Å². The van der Waals surface area contributed by atoms with Crippen LogP contribution >= 0.6 is 22.6 Å². The van der Waals surface area contributed by atoms with Gasteiger partial charge in [-0.1, -0.05) is 18.2 Å². The lowest BCUT2D eigenvalue weighted by Crippen LogP contribution is -2.23. The first-order chi connectivity index (χ1) is 13.5. The molecule has 0 bridgehead atoms. The summed E-state index contributed by atoms with van der Waals surface area (Å²) in [6.07, 6.45) is 1.00. The van der Waals surface area contributed by atoms with Crippen LogP contribution in [-0.2, 0) is 32.9 Å². The summed E-state index contributed by atoms with van der Waals surface area (Å²) in [7, 11) is -3.40. The average Bonchev–Trinajstić information content (AvgIpc) is 2.69. The molecule has 0 saturated heterocycles. The van der Waals surface area contributed by atoms with Gasteiger partial charge in [-0.3, -0.25) is 0 Å². The zero-order valence-corrected chi connectivity index (χ0v) is 20.1. The van der Waals surface area contributed by atoms with Crippen LogP contribution in [0.15, 0.2) is 42.5 Å². The van der Waals surface area contributed by atoms with Gasteiger partial charge in [0.05, 0.1) is 11.5 Å². The lowest BCUT2D eigenvalue weighted by molar-refractivity contribution is 0.586. The molecule has 2 aromatic rings. The Hall–Kier alpha value is -1.41. The first-order valence-corrected chi connectivity index (χ1v) is 13.1. The Bertz CT molecular complexity index is 995. The number of halogens is 1. The Morgan fingerprint density at radius 1 is 0.793 bits per heavy atom. The molecule has 0 saturated carbocycles. The fraction of sp³-hybridized carbons (Fsp3) is 0.333. The molecule has 2 aromatic carbocycles. The number of benzene rings is 2. The Balaban J connectivity index is 0.000000291. The lowest BCUT2D eigenvalue weighted by Gasteiger charge is -2.04. The van der Waals surface area contributed by atoms with E-state index in [1.165, 1.54) is 14.1 Å². The van der Waals surface area contributed by atoms with Crippen molar-refractivity contribution in [2.45, 2.75) is 12.8 Å². The van der Waals surface area contributed by atoms with Gasteiger partial charge in [-0.25, -0.2) is 26.3 Å². The maximum absolute atomic E-state index is 11.2. The van der Waals surface area contributed by atoms with Crippen LogP contribution in [0.2, 0.25) is 0 Å². The highest BCUT2D eigenvalue weighted by molar-refractivity contribution is 14.1. The smallest absolute Gasteiger partial charge is 0.211 e. The van der Waals surface area contributed by atoms with Gasteiger partial charge >= 0.3 is 0 Å². The topological polar surface area (TPSA) is 144 Å². The normalized spacial score (nSPS) is 11.6. The SMILES string of the molecule is CNS(=O)(=O)CCc1ccc(N)c(I)c1.CNS(=O)(=O)CCc1ccc(N)cc1. The summed E-state index contributed by atoms with van der Waals surface area (Å²) in [6, 6.07) is 12.7. The quantitative estimate of drug-likeness (QED) is 0.286. The minimum Gasteiger partial charge on any atom is -0.399 e. The number of nitrogens with one attached hydrogen (secondary N) is 2. The zero-order chi connectivity index (χ0) is 22.1. The summed E-state index contributed by atoms with van der Waals surface area (Å²) in [5.41, 5.74) is 14.5. The third-order valence-electron chi connectivity index (χ3n) is 3.99. The minimum absolute atomic E-state index is 0.101. The number of hydrogen-bond acceptors (Lipinski definition) is 6. The fourth-order valence-corrected chi connectivity index (χ4v) is 4.12. The molecule has 11 heteroatoms. The molecule has 0 spiro atoms. The number of sulfonamides is 2. The van der Waals surface area contributed by atoms with Crippen molar-refractivity contribution in [2.75, 3.05) is 37.1 Å². The van der Waals surface area contributed by atoms with E-state index < -0.39 is 20.0 Å². The van der Waals surface area contributed by atoms with Crippen molar-refractivity contribution in [1.29, 1.82) is 0 Å². The second-order valence-corrected chi connectivity index (χ2v) is 11.4. The Labute approximate surface area is 186 Å². The third kappa shape index (κ3) is 10.3. The van der Waals surface area contributed by atoms with E-state index in [9.17, 15) is 16.8 Å². The van der Waals surface area contributed by atoms with Gasteiger partial charge in [-0.05, 0) is 84.9 Å². The summed E-state index contributed by atoms with van der Waals surface area (Å²) in [5.74, 6) is 0.205. The van der Waals surface area contributed by atoms with Gasteiger partial charge in [-0.2, -0.15) is 0 Å². The molecular formula is C18H27IN4O4S2. The molecule has 0 aromatic heterocycles. The Morgan fingerprint density at radius 3 is 1.69 bits per heavy atom. The zero-order valence-electron chi connectivity index (χ0n) is 16.4. The van der Waals surface area contributed by atoms with Gasteiger partial charge in [0.2, 0.25) is 20.0 Å². The van der Waals surface area contributed by atoms with Gasteiger partial charge < -0.3 is 11.5 Å². The minimum atomic E-state index is -3.12. The van der Waals surface area contributed by atoms with E-state index in [1.54, 1.807) is 18.2 Å². The summed E-state index contributed by atoms with van der Waals surface area (Å²) in [5, 5.41) is 0. The molecule has 8 nitrogen and oxygen atoms in total. The van der Waals surface area contributed by atoms with Crippen molar-refractivity contribution >= 4 is 54.0 Å². The third-order valence-corrected chi connectivity index (χ3v) is 7.65. The summed E-state index contributed by atoms with van der Waals surface area (Å²) in [6.45, 7) is 0. The van der Waals surface area contributed by atoms with Gasteiger partial charge in [0.1, 0.15) is 0 Å². The van der Waals surface area contributed by atoms with Crippen molar-refractivity contribution in [3.05, 3.63) is 57.2 Å². The van der Waals surface area contributed by atoms with Crippen LogP contribution in [0.4, 0.5) is 11.4 Å². The highest BCUT2D eigenvalue weighted by Gasteiger charge is 2.08. The van der Waals surface area contributed by atoms with E-state index in [-0.39, 0.29) is 11.5 Å². The van der Waals surface area contributed by atoms with Crippen LogP contribution in [0, 0.1) is 3.57 Å². The second-order valence-electron chi connectivity index (χ2n) is 6.14. The molecule has 0 aliphatic rings. The van der Waals surface area contributed by atoms with Crippen molar-refractivity contribution < 1.29 is 16.8 Å². The predicted octanol–water partition coefficient (Wildman–Crippen LogP) is 1.33. The molecule has 0 aliphatic carbocycles. The van der Waals surface area contributed by atoms with Gasteiger partial charge in [-0.15, -0.1) is 0 Å². The Kier molecular flexibility index (Phi) is 10.3. The van der Waals surface area contributed by atoms with Gasteiger partial charge in [0.25, 0.3) is 0 Å². The number of nitrogen functional groups attached to an aromatic ring is 2. The molecule has 0 atom stereocenters. The van der Waals surface area contributed by atoms with Crippen LogP contribution in [0.5, 0.6) is 0 Å². The number of aryl methyl sites for hydroxylation is 2. The van der Waals surface area contributed by atoms with Crippen LogP contribution in [0.25, 0.3) is 0 Å². The monoisotopic (exact) mass is 554 g/mol. The molecule has 0 aliphatic heterocycles. The van der Waals surface area contributed by atoms with Crippen molar-refractivity contribution in [3.8, 4) is 0 Å². The maximum Gasteiger partial charge on any atom is 0.211 e. The number of hydrogen-bond donors (Lipinski definition) is 4. The molecule has 0 unspecified atom stereocenters. The van der Waals surface area contributed by atoms with Crippen LogP contribution in [0.1, 0.15) is 11.1 Å². The molecule has 0 radical (unpaired) electrons. The van der Waals surface area contributed by atoms with Crippen molar-refractivity contribution in [3.63, 3.8) is 0 Å². The predicted molar refractivity (Wildman–Crippen MR) is 128 cm³/mol. The summed E-state index contributed by atoms with van der Waals surface area (Å²) < 4.78 is 50.1. The molecule has 0 heterocycles. The van der Waals surface area contributed by atoms with E-state index in [4.69, 9.17) is 11.5 Å². The van der Waals surface area contributed by atoms with Crippen molar-refractivity contribution in [1.82, 2.24) is 9.44 Å². The second kappa shape index (κ2) is 11.7. The molecule has 162 valence electrons. The van der Waals surface area contributed by atoms with E-state index in [1.807, 2.05) is 24.3 Å². The highest BCUT2D eigenvalue weighted by atomic mass is 127. The molecule has 0 fully saturated rings. The van der Waals surface area contributed by atoms with E-state index in [0.29, 0.717) is 18.5 Å². The van der Waals surface area contributed by atoms with Crippen LogP contribution in [-0.4, -0.2) is 42.4 Å². The molecular weight excluding hydrogens is 527 g/mol. The van der Waals surface area contributed by atoms with E-state index in [2.05, 4.69) is 32.0 Å². The maximum atomic E-state index is 11.2. The standard InChI is InChI=1S/C9H13IN2O2S.C9H14N2O2S/c1-12-15(13,14)5-4-7-2-3-9(11)8(10)6-7;1-11-14(12,13)7-6-8-2-4-9(10)5-3-8/h2-3,6,12H,4-5,11H2,1H3;2-5,11H,6-7,10H2,1H3. The number of anilines is 2. The first kappa shape index (κ1) is 25.6. The lowest BCUT2D eigenvalue weighted by atomic mass is 10.1. The molecule has 6 N–H and O–H groups in total. The molecule has 29 heavy (non-hydrogen) atoms. The summed E-state index contributed by atoms with van der Waals surface area (Å²) >= 11 is 2.13. The van der Waals surface area contributed by atoms with Crippen molar-refractivity contribution in [2.24, 2.45) is 0 Å². The van der Waals surface area contributed by atoms with E-state index >= 15 is 0 Å². The van der Waals surface area contributed by atoms with Crippen LogP contribution < -0.4 is 20.9 Å². The largest absolute Gasteiger partial charge is 0.399 e. The number of rotatable bonds is 8. The molecule has 0 amide bonds. The van der Waals surface area contributed by atoms with Gasteiger partial charge in [0.15, 0.2) is 0 Å². The first-order valence-electron chi connectivity index (χ1n) is 8.69.